The number of halogens is 2. The Bertz CT molecular complexity index is 1100. The second kappa shape index (κ2) is 13.1. The zero-order chi connectivity index (χ0) is 24.4. The molecule has 11 heteroatoms. The van der Waals surface area contributed by atoms with Crippen molar-refractivity contribution < 1.29 is 23.7 Å². The number of rotatable bonds is 11. The van der Waals surface area contributed by atoms with E-state index in [0.29, 0.717) is 39.4 Å². The van der Waals surface area contributed by atoms with Gasteiger partial charge in [0.15, 0.2) is 18.1 Å². The summed E-state index contributed by atoms with van der Waals surface area (Å²) in [6, 6.07) is 5.62. The Balaban J connectivity index is 2.06. The molecule has 0 atom stereocenters. The van der Waals surface area contributed by atoms with Crippen molar-refractivity contribution >= 4 is 50.6 Å². The summed E-state index contributed by atoms with van der Waals surface area (Å²) in [5.74, 6) is 0.677. The Morgan fingerprint density at radius 1 is 1.39 bits per heavy atom. The van der Waals surface area contributed by atoms with Crippen molar-refractivity contribution in [2.45, 2.75) is 13.5 Å². The van der Waals surface area contributed by atoms with Crippen LogP contribution in [0.25, 0.3) is 0 Å². The summed E-state index contributed by atoms with van der Waals surface area (Å²) in [6.45, 7) is 5.56. The van der Waals surface area contributed by atoms with Crippen molar-refractivity contribution in [1.82, 2.24) is 10.4 Å². The van der Waals surface area contributed by atoms with Crippen LogP contribution in [0.2, 0.25) is 0 Å². The highest BCUT2D eigenvalue weighted by atomic mass is 127. The number of aromatic nitrogens is 1. The van der Waals surface area contributed by atoms with Gasteiger partial charge in [-0.2, -0.15) is 10.4 Å². The van der Waals surface area contributed by atoms with Gasteiger partial charge in [0.1, 0.15) is 18.2 Å². The lowest BCUT2D eigenvalue weighted by Crippen LogP contribution is -2.25. The number of hydrogen-bond acceptors (Lipinski definition) is 8. The lowest BCUT2D eigenvalue weighted by molar-refractivity contribution is -0.123. The van der Waals surface area contributed by atoms with Crippen LogP contribution < -0.4 is 19.6 Å². The van der Waals surface area contributed by atoms with Crippen LogP contribution in [0.3, 0.4) is 0 Å². The van der Waals surface area contributed by atoms with E-state index in [1.54, 1.807) is 19.1 Å². The largest absolute Gasteiger partial charge is 0.493 e. The zero-order valence-corrected chi connectivity index (χ0v) is 22.0. The van der Waals surface area contributed by atoms with Gasteiger partial charge in [0.25, 0.3) is 5.91 Å². The maximum Gasteiger partial charge on any atom is 0.278 e. The molecule has 0 aliphatic rings. The predicted molar refractivity (Wildman–Crippen MR) is 135 cm³/mol. The van der Waals surface area contributed by atoms with Gasteiger partial charge < -0.3 is 18.9 Å². The van der Waals surface area contributed by atoms with Crippen LogP contribution in [0.4, 0.5) is 0 Å². The molecule has 174 valence electrons. The standard InChI is InChI=1S/C22H22BrIN4O5/c1-5-6-32-21-17(24)7-14(8-18(21)31-4)10-26-28-19(29)12-33-22-15(9-25)16(11-30-3)20(23)13(2)27-22/h5,7-8,10H,1,6,11-12H2,2-4H3,(H,28,29). The van der Waals surface area contributed by atoms with Gasteiger partial charge in [0.2, 0.25) is 5.88 Å². The van der Waals surface area contributed by atoms with Crippen molar-refractivity contribution in [2.75, 3.05) is 27.4 Å². The molecule has 0 saturated carbocycles. The van der Waals surface area contributed by atoms with E-state index >= 15 is 0 Å². The monoisotopic (exact) mass is 628 g/mol. The average molecular weight is 629 g/mol. The number of hydrazone groups is 1. The Morgan fingerprint density at radius 2 is 2.15 bits per heavy atom. The van der Waals surface area contributed by atoms with E-state index in [4.69, 9.17) is 18.9 Å². The number of benzene rings is 1. The summed E-state index contributed by atoms with van der Waals surface area (Å²) in [6.07, 6.45) is 3.12. The van der Waals surface area contributed by atoms with Crippen LogP contribution in [-0.2, 0) is 16.1 Å². The third-order valence-corrected chi connectivity index (χ3v) is 5.96. The number of nitriles is 1. The van der Waals surface area contributed by atoms with Gasteiger partial charge >= 0.3 is 0 Å². The normalized spacial score (nSPS) is 10.5. The minimum atomic E-state index is -0.515. The number of hydrogen-bond donors (Lipinski definition) is 1. The Hall–Kier alpha value is -2.69. The third kappa shape index (κ3) is 7.15. The van der Waals surface area contributed by atoms with Crippen LogP contribution in [0.15, 0.2) is 34.4 Å². The van der Waals surface area contributed by atoms with Gasteiger partial charge in [0, 0.05) is 17.1 Å². The second-order valence-electron chi connectivity index (χ2n) is 6.43. The summed E-state index contributed by atoms with van der Waals surface area (Å²) in [5.41, 5.74) is 4.49. The lowest BCUT2D eigenvalue weighted by atomic mass is 10.1. The molecule has 33 heavy (non-hydrogen) atoms. The van der Waals surface area contributed by atoms with Crippen molar-refractivity contribution in [3.63, 3.8) is 0 Å². The molecular formula is C22H22BrIN4O5. The van der Waals surface area contributed by atoms with Crippen LogP contribution in [-0.4, -0.2) is 44.5 Å². The van der Waals surface area contributed by atoms with E-state index in [-0.39, 0.29) is 24.7 Å². The molecule has 2 rings (SSSR count). The fraction of sp³-hybridized carbons (Fsp3) is 0.273. The highest BCUT2D eigenvalue weighted by molar-refractivity contribution is 14.1. The minimum Gasteiger partial charge on any atom is -0.493 e. The molecule has 0 fully saturated rings. The number of nitrogens with one attached hydrogen (secondary N) is 1. The molecule has 0 bridgehead atoms. The molecule has 0 aliphatic carbocycles. The van der Waals surface area contributed by atoms with Gasteiger partial charge in [-0.05, 0) is 63.1 Å². The van der Waals surface area contributed by atoms with E-state index in [1.165, 1.54) is 20.4 Å². The number of carbonyl (C=O) groups is 1. The van der Waals surface area contributed by atoms with Gasteiger partial charge in [-0.25, -0.2) is 10.4 Å². The van der Waals surface area contributed by atoms with Crippen LogP contribution in [0.1, 0.15) is 22.4 Å². The first-order chi connectivity index (χ1) is 15.9. The summed E-state index contributed by atoms with van der Waals surface area (Å²) in [7, 11) is 3.06. The van der Waals surface area contributed by atoms with Crippen LogP contribution >= 0.6 is 38.5 Å². The molecule has 0 radical (unpaired) electrons. The first-order valence-corrected chi connectivity index (χ1v) is 11.4. The fourth-order valence-electron chi connectivity index (χ4n) is 2.66. The summed E-state index contributed by atoms with van der Waals surface area (Å²) in [5, 5.41) is 13.5. The van der Waals surface area contributed by atoms with E-state index in [9.17, 15) is 10.1 Å². The lowest BCUT2D eigenvalue weighted by Gasteiger charge is -2.13. The molecule has 1 N–H and O–H groups in total. The molecule has 9 nitrogen and oxygen atoms in total. The number of methoxy groups -OCH3 is 2. The molecule has 2 aromatic rings. The number of carbonyl (C=O) groups excluding carboxylic acids is 1. The van der Waals surface area contributed by atoms with Crippen LogP contribution in [0.5, 0.6) is 17.4 Å². The summed E-state index contributed by atoms with van der Waals surface area (Å²) >= 11 is 5.53. The quantitative estimate of drug-likeness (QED) is 0.174. The Morgan fingerprint density at radius 3 is 2.79 bits per heavy atom. The second-order valence-corrected chi connectivity index (χ2v) is 8.39. The van der Waals surface area contributed by atoms with Gasteiger partial charge in [-0.1, -0.05) is 12.7 Å². The van der Waals surface area contributed by atoms with Gasteiger partial charge in [-0.15, -0.1) is 0 Å². The summed E-state index contributed by atoms with van der Waals surface area (Å²) < 4.78 is 23.1. The Kier molecular flexibility index (Phi) is 10.6. The van der Waals surface area contributed by atoms with Crippen molar-refractivity contribution in [3.05, 3.63) is 55.2 Å². The first kappa shape index (κ1) is 26.6. The number of aryl methyl sites for hydroxylation is 1. The van der Waals surface area contributed by atoms with Gasteiger partial charge in [-0.3, -0.25) is 4.79 Å². The molecule has 1 aromatic carbocycles. The number of pyridine rings is 1. The third-order valence-electron chi connectivity index (χ3n) is 4.11. The first-order valence-electron chi connectivity index (χ1n) is 9.50. The van der Waals surface area contributed by atoms with E-state index < -0.39 is 5.91 Å². The molecule has 1 heterocycles. The number of amides is 1. The molecule has 1 aromatic heterocycles. The highest BCUT2D eigenvalue weighted by Crippen LogP contribution is 2.33. The topological polar surface area (TPSA) is 115 Å². The minimum absolute atomic E-state index is 0.0544. The molecule has 0 unspecified atom stereocenters. The average Bonchev–Trinajstić information content (AvgIpc) is 2.80. The molecular weight excluding hydrogens is 607 g/mol. The van der Waals surface area contributed by atoms with Crippen molar-refractivity contribution in [1.29, 1.82) is 5.26 Å². The summed E-state index contributed by atoms with van der Waals surface area (Å²) in [4.78, 5) is 16.4. The number of ether oxygens (including phenoxy) is 4. The molecule has 0 saturated heterocycles. The zero-order valence-electron chi connectivity index (χ0n) is 18.3. The maximum absolute atomic E-state index is 12.2. The predicted octanol–water partition coefficient (Wildman–Crippen LogP) is 3.88. The van der Waals surface area contributed by atoms with Gasteiger partial charge in [0.05, 0.1) is 29.2 Å². The molecule has 0 aliphatic heterocycles. The smallest absolute Gasteiger partial charge is 0.278 e. The fourth-order valence-corrected chi connectivity index (χ4v) is 3.84. The number of nitrogens with zero attached hydrogens (tertiary/aromatic N) is 3. The van der Waals surface area contributed by atoms with E-state index in [1.807, 2.05) is 6.07 Å². The molecule has 0 spiro atoms. The molecule has 1 amide bonds. The highest BCUT2D eigenvalue weighted by Gasteiger charge is 2.18. The Labute approximate surface area is 214 Å². The maximum atomic E-state index is 12.2. The van der Waals surface area contributed by atoms with Crippen LogP contribution in [0, 0.1) is 21.8 Å². The van der Waals surface area contributed by atoms with E-state index in [2.05, 4.69) is 66.7 Å². The van der Waals surface area contributed by atoms with Crippen molar-refractivity contribution in [2.24, 2.45) is 5.10 Å². The van der Waals surface area contributed by atoms with E-state index in [0.717, 1.165) is 3.57 Å². The van der Waals surface area contributed by atoms with Crippen molar-refractivity contribution in [3.8, 4) is 23.4 Å². The SMILES string of the molecule is C=CCOc1c(I)cc(C=NNC(=O)COc2nc(C)c(Br)c(COC)c2C#N)cc1OC.